The molecule has 0 spiro atoms. The van der Waals surface area contributed by atoms with Crippen molar-refractivity contribution in [1.82, 2.24) is 9.97 Å². The van der Waals surface area contributed by atoms with E-state index in [9.17, 15) is 0 Å². The van der Waals surface area contributed by atoms with Gasteiger partial charge in [-0.25, -0.2) is 4.98 Å². The Morgan fingerprint density at radius 1 is 1.14 bits per heavy atom. The maximum atomic E-state index is 5.39. The largest absolute Gasteiger partial charge is 0.496 e. The molecule has 0 aliphatic carbocycles. The number of pyridine rings is 1. The molecule has 3 rings (SSSR count). The topological polar surface area (TPSA) is 35.0 Å². The molecule has 21 heavy (non-hydrogen) atoms. The second kappa shape index (κ2) is 6.06. The van der Waals surface area contributed by atoms with Crippen molar-refractivity contribution in [2.24, 2.45) is 0 Å². The van der Waals surface area contributed by atoms with Crippen molar-refractivity contribution < 1.29 is 4.74 Å². The molecule has 3 aromatic rings. The zero-order chi connectivity index (χ0) is 14.7. The van der Waals surface area contributed by atoms with Gasteiger partial charge in [-0.1, -0.05) is 18.2 Å². The number of rotatable bonds is 4. The van der Waals surface area contributed by atoms with Crippen molar-refractivity contribution in [3.63, 3.8) is 0 Å². The lowest BCUT2D eigenvalue weighted by Crippen LogP contribution is -1.93. The van der Waals surface area contributed by atoms with E-state index < -0.39 is 0 Å². The third-order valence-corrected chi connectivity index (χ3v) is 4.11. The molecule has 106 valence electrons. The van der Waals surface area contributed by atoms with Crippen LogP contribution in [0.1, 0.15) is 16.1 Å². The van der Waals surface area contributed by atoms with Crippen molar-refractivity contribution >= 4 is 11.3 Å². The van der Waals surface area contributed by atoms with Crippen molar-refractivity contribution in [3.8, 4) is 17.1 Å². The van der Waals surface area contributed by atoms with Crippen molar-refractivity contribution in [3.05, 3.63) is 64.1 Å². The number of methoxy groups -OCH3 is 1. The predicted octanol–water partition coefficient (Wildman–Crippen LogP) is 4.11. The van der Waals surface area contributed by atoms with Gasteiger partial charge in [0.2, 0.25) is 0 Å². The maximum Gasteiger partial charge on any atom is 0.122 e. The number of aromatic nitrogens is 2. The van der Waals surface area contributed by atoms with Gasteiger partial charge in [0.15, 0.2) is 0 Å². The number of hydrogen-bond acceptors (Lipinski definition) is 4. The molecular formula is C17H16N2OS. The molecule has 0 fully saturated rings. The van der Waals surface area contributed by atoms with Crippen LogP contribution in [0.25, 0.3) is 11.4 Å². The van der Waals surface area contributed by atoms with Crippen LogP contribution in [0.3, 0.4) is 0 Å². The van der Waals surface area contributed by atoms with Crippen molar-refractivity contribution in [1.29, 1.82) is 0 Å². The highest BCUT2D eigenvalue weighted by Crippen LogP contribution is 2.25. The molecule has 2 heterocycles. The van der Waals surface area contributed by atoms with Gasteiger partial charge in [0.25, 0.3) is 0 Å². The lowest BCUT2D eigenvalue weighted by molar-refractivity contribution is 0.410. The number of aryl methyl sites for hydroxylation is 1. The Hall–Kier alpha value is -2.20. The van der Waals surface area contributed by atoms with Crippen LogP contribution < -0.4 is 4.74 Å². The van der Waals surface area contributed by atoms with Crippen LogP contribution in [0.5, 0.6) is 5.75 Å². The second-order valence-corrected chi connectivity index (χ2v) is 5.78. The molecule has 0 aliphatic heterocycles. The number of nitrogens with zero attached hydrogens (tertiary/aromatic N) is 2. The Labute approximate surface area is 128 Å². The van der Waals surface area contributed by atoms with Crippen molar-refractivity contribution in [2.75, 3.05) is 7.11 Å². The molecule has 4 heteroatoms. The molecule has 0 amide bonds. The minimum Gasteiger partial charge on any atom is -0.496 e. The highest BCUT2D eigenvalue weighted by atomic mass is 32.1. The fourth-order valence-electron chi connectivity index (χ4n) is 2.20. The summed E-state index contributed by atoms with van der Waals surface area (Å²) in [6.45, 7) is 2.06. The van der Waals surface area contributed by atoms with Gasteiger partial charge in [0, 0.05) is 23.6 Å². The quantitative estimate of drug-likeness (QED) is 0.726. The number of benzene rings is 1. The maximum absolute atomic E-state index is 5.39. The van der Waals surface area contributed by atoms with Crippen LogP contribution in [0.15, 0.2) is 48.0 Å². The molecule has 0 saturated heterocycles. The normalized spacial score (nSPS) is 10.6. The van der Waals surface area contributed by atoms with E-state index in [0.29, 0.717) is 0 Å². The van der Waals surface area contributed by atoms with E-state index in [-0.39, 0.29) is 0 Å². The fourth-order valence-corrected chi connectivity index (χ4v) is 3.01. The second-order valence-electron chi connectivity index (χ2n) is 4.83. The zero-order valence-corrected chi connectivity index (χ0v) is 12.9. The first kappa shape index (κ1) is 13.8. The number of ether oxygens (including phenoxy) is 1. The van der Waals surface area contributed by atoms with E-state index in [1.54, 1.807) is 18.4 Å². The van der Waals surface area contributed by atoms with Gasteiger partial charge in [-0.05, 0) is 30.7 Å². The van der Waals surface area contributed by atoms with Gasteiger partial charge in [-0.15, -0.1) is 11.3 Å². The highest BCUT2D eigenvalue weighted by molar-refractivity contribution is 7.10. The molecule has 0 unspecified atom stereocenters. The summed E-state index contributed by atoms with van der Waals surface area (Å²) in [5.41, 5.74) is 4.21. The Kier molecular flexibility index (Phi) is 3.97. The summed E-state index contributed by atoms with van der Waals surface area (Å²) >= 11 is 1.66. The zero-order valence-electron chi connectivity index (χ0n) is 12.0. The average molecular weight is 296 g/mol. The minimum absolute atomic E-state index is 0.778. The van der Waals surface area contributed by atoms with Crippen LogP contribution in [0.4, 0.5) is 0 Å². The smallest absolute Gasteiger partial charge is 0.122 e. The van der Waals surface area contributed by atoms with E-state index in [2.05, 4.69) is 29.4 Å². The molecule has 0 bridgehead atoms. The first-order chi connectivity index (χ1) is 10.3. The summed E-state index contributed by atoms with van der Waals surface area (Å²) in [4.78, 5) is 9.08. The van der Waals surface area contributed by atoms with Gasteiger partial charge in [-0.2, -0.15) is 0 Å². The van der Waals surface area contributed by atoms with Crippen LogP contribution in [-0.4, -0.2) is 17.1 Å². The fraction of sp³-hybridized carbons (Fsp3) is 0.176. The molecular weight excluding hydrogens is 280 g/mol. The molecule has 0 radical (unpaired) electrons. The SMILES string of the molecule is COc1ccccc1Cc1nc(-c2cc(C)ccn2)cs1. The Balaban J connectivity index is 1.85. The average Bonchev–Trinajstić information content (AvgIpc) is 2.96. The Bertz CT molecular complexity index is 752. The molecule has 0 saturated carbocycles. The first-order valence-corrected chi connectivity index (χ1v) is 7.63. The van der Waals surface area contributed by atoms with Gasteiger partial charge in [0.05, 0.1) is 23.5 Å². The first-order valence-electron chi connectivity index (χ1n) is 6.75. The van der Waals surface area contributed by atoms with E-state index in [4.69, 9.17) is 9.72 Å². The number of para-hydroxylation sites is 1. The van der Waals surface area contributed by atoms with Gasteiger partial charge in [-0.3, -0.25) is 4.98 Å². The molecule has 0 N–H and O–H groups in total. The van der Waals surface area contributed by atoms with Crippen LogP contribution in [0, 0.1) is 6.92 Å². The van der Waals surface area contributed by atoms with E-state index in [1.807, 2.05) is 30.5 Å². The minimum atomic E-state index is 0.778. The predicted molar refractivity (Wildman–Crippen MR) is 85.9 cm³/mol. The Morgan fingerprint density at radius 3 is 2.81 bits per heavy atom. The van der Waals surface area contributed by atoms with Crippen LogP contribution in [-0.2, 0) is 6.42 Å². The Morgan fingerprint density at radius 2 is 2.00 bits per heavy atom. The van der Waals surface area contributed by atoms with Crippen molar-refractivity contribution in [2.45, 2.75) is 13.3 Å². The van der Waals surface area contributed by atoms with Gasteiger partial charge in [0.1, 0.15) is 5.75 Å². The molecule has 2 aromatic heterocycles. The standard InChI is InChI=1S/C17H16N2OS/c1-12-7-8-18-14(9-12)15-11-21-17(19-15)10-13-5-3-4-6-16(13)20-2/h3-9,11H,10H2,1-2H3. The molecule has 0 atom stereocenters. The lowest BCUT2D eigenvalue weighted by atomic mass is 10.1. The van der Waals surface area contributed by atoms with E-state index in [1.165, 1.54) is 5.56 Å². The third kappa shape index (κ3) is 3.11. The number of hydrogen-bond donors (Lipinski definition) is 0. The summed E-state index contributed by atoms with van der Waals surface area (Å²) < 4.78 is 5.39. The molecule has 0 aliphatic rings. The summed E-state index contributed by atoms with van der Waals surface area (Å²) in [6, 6.07) is 12.1. The van der Waals surface area contributed by atoms with E-state index >= 15 is 0 Å². The van der Waals surface area contributed by atoms with Crippen LogP contribution >= 0.6 is 11.3 Å². The number of thiazole rings is 1. The summed E-state index contributed by atoms with van der Waals surface area (Å²) in [7, 11) is 1.70. The lowest BCUT2D eigenvalue weighted by Gasteiger charge is -2.05. The van der Waals surface area contributed by atoms with Gasteiger partial charge < -0.3 is 4.74 Å². The third-order valence-electron chi connectivity index (χ3n) is 3.26. The highest BCUT2D eigenvalue weighted by Gasteiger charge is 2.09. The summed E-state index contributed by atoms with van der Waals surface area (Å²) in [5.74, 6) is 0.905. The summed E-state index contributed by atoms with van der Waals surface area (Å²) in [5, 5.41) is 3.13. The molecule has 3 nitrogen and oxygen atoms in total. The molecule has 1 aromatic carbocycles. The van der Waals surface area contributed by atoms with E-state index in [0.717, 1.165) is 34.1 Å². The van der Waals surface area contributed by atoms with Crippen LogP contribution in [0.2, 0.25) is 0 Å². The summed E-state index contributed by atoms with van der Waals surface area (Å²) in [6.07, 6.45) is 2.60. The van der Waals surface area contributed by atoms with Gasteiger partial charge >= 0.3 is 0 Å². The monoisotopic (exact) mass is 296 g/mol.